The summed E-state index contributed by atoms with van der Waals surface area (Å²) in [7, 11) is 0. The number of aryl methyl sites for hydroxylation is 1. The number of nitrogens with zero attached hydrogens (tertiary/aromatic N) is 1. The SMILES string of the molecule is C=CC.CCCN(CCNC=O)CC(=O)O.Cc1ccc(C2=CCC3(C)C(CCC4(C)C3CCC3C5CCCC5(C)CC[C@]34C)C2(C)C)cc1.O=O. The van der Waals surface area contributed by atoms with Crippen LogP contribution in [0.5, 0.6) is 0 Å². The third kappa shape index (κ3) is 8.45. The van der Waals surface area contributed by atoms with E-state index >= 15 is 0 Å². The summed E-state index contributed by atoms with van der Waals surface area (Å²) in [6.07, 6.45) is 20.6. The van der Waals surface area contributed by atoms with Gasteiger partial charge in [0.15, 0.2) is 0 Å². The molecule has 8 atom stereocenters. The largest absolute Gasteiger partial charge is 0.480 e. The zero-order chi connectivity index (χ0) is 39.0. The molecule has 0 aliphatic heterocycles. The predicted molar refractivity (Wildman–Crippen MR) is 217 cm³/mol. The van der Waals surface area contributed by atoms with E-state index in [0.29, 0.717) is 41.2 Å². The minimum absolute atomic E-state index is 0.0361. The van der Waals surface area contributed by atoms with Gasteiger partial charge in [-0.2, -0.15) is 0 Å². The van der Waals surface area contributed by atoms with Gasteiger partial charge in [0.2, 0.25) is 6.41 Å². The molecule has 2 N–H and O–H groups in total. The molecule has 1 aromatic rings. The molecule has 4 fully saturated rings. The molecule has 0 bridgehead atoms. The molecule has 5 aliphatic carbocycles. The van der Waals surface area contributed by atoms with E-state index in [1.165, 1.54) is 75.3 Å². The van der Waals surface area contributed by atoms with E-state index in [2.05, 4.69) is 90.7 Å². The van der Waals surface area contributed by atoms with Gasteiger partial charge in [0.1, 0.15) is 0 Å². The Kier molecular flexibility index (Phi) is 15.1. The maximum atomic E-state index is 10.4. The monoisotopic (exact) mass is 721 g/mol. The van der Waals surface area contributed by atoms with Gasteiger partial charge in [-0.3, -0.25) is 14.5 Å². The summed E-state index contributed by atoms with van der Waals surface area (Å²) in [5, 5.41) is 11.0. The zero-order valence-electron chi connectivity index (χ0n) is 34.2. The molecule has 0 aromatic heterocycles. The molecule has 7 heteroatoms. The normalized spacial score (nSPS) is 35.1. The topological polar surface area (TPSA) is 104 Å². The number of carbonyl (C=O) groups is 2. The van der Waals surface area contributed by atoms with Gasteiger partial charge < -0.3 is 10.4 Å². The van der Waals surface area contributed by atoms with Crippen molar-refractivity contribution in [1.29, 1.82) is 0 Å². The smallest absolute Gasteiger partial charge is 0.317 e. The highest BCUT2D eigenvalue weighted by Gasteiger charge is 2.68. The van der Waals surface area contributed by atoms with Gasteiger partial charge in [-0.25, -0.2) is 0 Å². The average molecular weight is 721 g/mol. The van der Waals surface area contributed by atoms with Crippen LogP contribution in [0.2, 0.25) is 0 Å². The van der Waals surface area contributed by atoms with Gasteiger partial charge in [-0.05, 0) is 146 Å². The summed E-state index contributed by atoms with van der Waals surface area (Å²) in [5.41, 5.74) is 6.86. The second kappa shape index (κ2) is 18.0. The fraction of sp³-hybridized carbons (Fsp3) is 0.733. The molecule has 0 heterocycles. The number of fused-ring (bicyclic) bond motifs is 7. The summed E-state index contributed by atoms with van der Waals surface area (Å²) < 4.78 is 0. The van der Waals surface area contributed by atoms with Crippen LogP contribution >= 0.6 is 0 Å². The van der Waals surface area contributed by atoms with Crippen molar-refractivity contribution >= 4 is 18.0 Å². The number of hydrogen-bond acceptors (Lipinski definition) is 5. The number of hydrogen-bond donors (Lipinski definition) is 2. The van der Waals surface area contributed by atoms with Crippen LogP contribution in [-0.4, -0.2) is 48.6 Å². The third-order valence-electron chi connectivity index (χ3n) is 15.3. The van der Waals surface area contributed by atoms with Crippen molar-refractivity contribution in [1.82, 2.24) is 10.2 Å². The van der Waals surface area contributed by atoms with Gasteiger partial charge in [0.25, 0.3) is 0 Å². The number of aliphatic carboxylic acids is 1. The van der Waals surface area contributed by atoms with Gasteiger partial charge in [0, 0.05) is 23.0 Å². The number of nitrogens with one attached hydrogen (secondary N) is 1. The molecule has 4 saturated carbocycles. The van der Waals surface area contributed by atoms with Crippen LogP contribution in [0.3, 0.4) is 0 Å². The van der Waals surface area contributed by atoms with E-state index in [-0.39, 0.29) is 12.0 Å². The van der Waals surface area contributed by atoms with E-state index in [1.54, 1.807) is 16.5 Å². The molecule has 292 valence electrons. The Morgan fingerprint density at radius 3 is 2.15 bits per heavy atom. The lowest BCUT2D eigenvalue weighted by atomic mass is 9.33. The minimum Gasteiger partial charge on any atom is -0.480 e. The van der Waals surface area contributed by atoms with Crippen molar-refractivity contribution in [2.24, 2.45) is 50.7 Å². The Labute approximate surface area is 316 Å². The van der Waals surface area contributed by atoms with Crippen LogP contribution in [0.15, 0.2) is 43.0 Å². The van der Waals surface area contributed by atoms with Crippen molar-refractivity contribution in [3.8, 4) is 0 Å². The second-order valence-corrected chi connectivity index (χ2v) is 18.4. The fourth-order valence-electron chi connectivity index (χ4n) is 12.8. The summed E-state index contributed by atoms with van der Waals surface area (Å²) in [4.78, 5) is 36.1. The molecular formula is C45H72N2O5. The van der Waals surface area contributed by atoms with E-state index in [9.17, 15) is 9.59 Å². The van der Waals surface area contributed by atoms with Crippen molar-refractivity contribution in [3.63, 3.8) is 0 Å². The highest BCUT2D eigenvalue weighted by molar-refractivity contribution is 5.71. The Morgan fingerprint density at radius 1 is 0.904 bits per heavy atom. The molecule has 52 heavy (non-hydrogen) atoms. The quantitative estimate of drug-likeness (QED) is 0.150. The lowest BCUT2D eigenvalue weighted by Crippen LogP contribution is -2.64. The average Bonchev–Trinajstić information content (AvgIpc) is 3.49. The number of allylic oxidation sites excluding steroid dienone is 3. The van der Waals surface area contributed by atoms with Crippen LogP contribution in [0.25, 0.3) is 5.57 Å². The van der Waals surface area contributed by atoms with Gasteiger partial charge >= 0.3 is 5.97 Å². The Bertz CT molecular complexity index is 1370. The zero-order valence-corrected chi connectivity index (χ0v) is 34.2. The van der Waals surface area contributed by atoms with Crippen molar-refractivity contribution in [2.75, 3.05) is 26.2 Å². The van der Waals surface area contributed by atoms with Crippen LogP contribution in [0, 0.1) is 67.6 Å². The number of carboxylic acids is 1. The van der Waals surface area contributed by atoms with Gasteiger partial charge in [-0.1, -0.05) is 96.9 Å². The van der Waals surface area contributed by atoms with E-state index < -0.39 is 5.97 Å². The predicted octanol–water partition coefficient (Wildman–Crippen LogP) is 10.7. The summed E-state index contributed by atoms with van der Waals surface area (Å²) >= 11 is 0. The lowest BCUT2D eigenvalue weighted by molar-refractivity contribution is -0.221. The van der Waals surface area contributed by atoms with Crippen LogP contribution in [-0.2, 0) is 9.59 Å². The lowest BCUT2D eigenvalue weighted by Gasteiger charge is -2.72. The van der Waals surface area contributed by atoms with Gasteiger partial charge in [-0.15, -0.1) is 6.58 Å². The molecule has 1 amide bonds. The van der Waals surface area contributed by atoms with Crippen LogP contribution in [0.4, 0.5) is 0 Å². The van der Waals surface area contributed by atoms with Crippen molar-refractivity contribution in [2.45, 2.75) is 133 Å². The molecule has 0 radical (unpaired) electrons. The van der Waals surface area contributed by atoms with Gasteiger partial charge in [0.05, 0.1) is 6.54 Å². The Hall–Kier alpha value is -2.80. The molecule has 5 aliphatic rings. The molecule has 0 saturated heterocycles. The molecular weight excluding hydrogens is 649 g/mol. The minimum atomic E-state index is -0.834. The summed E-state index contributed by atoms with van der Waals surface area (Å²) in [5.74, 6) is 2.82. The number of carbonyl (C=O) groups excluding carboxylic acids is 1. The van der Waals surface area contributed by atoms with E-state index in [1.807, 2.05) is 13.8 Å². The maximum absolute atomic E-state index is 10.4. The highest BCUT2D eigenvalue weighted by Crippen LogP contribution is 2.77. The molecule has 0 spiro atoms. The standard InChI is InChI=1S/C34H50.C8H16N2O3.C3H6.O2/c1-23-10-12-24(13-11-23)25-16-19-32(5)28(30(25,2)3)17-20-34(7)29(32)15-14-27-26-9-8-18-31(26,4)21-22-33(27,34)6;1-2-4-10(6-8(12)13)5-3-9-7-11;1-3-2;1-2/h10-13,16,26-29H,8-9,14-15,17-22H2,1-7H3;7H,2-6H2,1H3,(H,9,11)(H,12,13);3H,1H2,2H3;/t26?,27?,28?,29?,31?,32?,33-,34?;;;/m1.../s1. The van der Waals surface area contributed by atoms with E-state index in [0.717, 1.165) is 36.6 Å². The number of carboxylic acid groups (broad SMARTS) is 1. The highest BCUT2D eigenvalue weighted by atomic mass is 16.7. The van der Waals surface area contributed by atoms with Crippen molar-refractivity contribution in [3.05, 3.63) is 64.1 Å². The second-order valence-electron chi connectivity index (χ2n) is 18.4. The summed E-state index contributed by atoms with van der Waals surface area (Å²) in [6, 6.07) is 9.37. The third-order valence-corrected chi connectivity index (χ3v) is 15.3. The first kappa shape index (κ1) is 43.6. The molecule has 7 nitrogen and oxygen atoms in total. The van der Waals surface area contributed by atoms with Crippen molar-refractivity contribution < 1.29 is 14.7 Å². The first-order valence-corrected chi connectivity index (χ1v) is 20.2. The van der Waals surface area contributed by atoms with E-state index in [4.69, 9.17) is 15.0 Å². The number of rotatable bonds is 9. The first-order chi connectivity index (χ1) is 24.6. The Balaban J connectivity index is 0.000000342. The maximum Gasteiger partial charge on any atom is 0.317 e. The Morgan fingerprint density at radius 2 is 1.56 bits per heavy atom. The van der Waals surface area contributed by atoms with Crippen LogP contribution in [0.1, 0.15) is 137 Å². The molecule has 6 rings (SSSR count). The molecule has 7 unspecified atom stereocenters. The fourth-order valence-corrected chi connectivity index (χ4v) is 12.8. The molecule has 1 aromatic carbocycles. The summed E-state index contributed by atoms with van der Waals surface area (Å²) in [6.45, 7) is 27.4. The number of amides is 1. The number of benzene rings is 1. The van der Waals surface area contributed by atoms with Crippen LogP contribution < -0.4 is 5.32 Å². The first-order valence-electron chi connectivity index (χ1n) is 20.2.